The van der Waals surface area contributed by atoms with Crippen molar-refractivity contribution in [2.75, 3.05) is 17.3 Å². The van der Waals surface area contributed by atoms with Gasteiger partial charge in [0.15, 0.2) is 5.82 Å². The summed E-state index contributed by atoms with van der Waals surface area (Å²) < 4.78 is 0. The van der Waals surface area contributed by atoms with E-state index < -0.39 is 0 Å². The summed E-state index contributed by atoms with van der Waals surface area (Å²) in [6.45, 7) is 2.03. The normalized spacial score (nSPS) is 16.9. The largest absolute Gasteiger partial charge is 0.385 e. The van der Waals surface area contributed by atoms with Gasteiger partial charge in [-0.15, -0.1) is 0 Å². The molecule has 1 N–H and O–H groups in total. The van der Waals surface area contributed by atoms with Gasteiger partial charge >= 0.3 is 0 Å². The van der Waals surface area contributed by atoms with Gasteiger partial charge in [-0.05, 0) is 31.4 Å². The van der Waals surface area contributed by atoms with Crippen molar-refractivity contribution in [3.05, 3.63) is 17.3 Å². The third-order valence-electron chi connectivity index (χ3n) is 4.01. The summed E-state index contributed by atoms with van der Waals surface area (Å²) in [6.07, 6.45) is 6.46. The van der Waals surface area contributed by atoms with Crippen LogP contribution >= 0.6 is 11.6 Å². The fourth-order valence-electron chi connectivity index (χ4n) is 2.96. The van der Waals surface area contributed by atoms with E-state index in [9.17, 15) is 4.79 Å². The van der Waals surface area contributed by atoms with Crippen LogP contribution in [0.1, 0.15) is 39.0 Å². The molecule has 2 rings (SSSR count). The number of pyridine rings is 1. The van der Waals surface area contributed by atoms with Gasteiger partial charge in [-0.1, -0.05) is 31.4 Å². The Morgan fingerprint density at radius 3 is 2.75 bits per heavy atom. The average molecular weight is 296 g/mol. The van der Waals surface area contributed by atoms with Crippen LogP contribution in [0.2, 0.25) is 5.15 Å². The minimum Gasteiger partial charge on any atom is -0.385 e. The first-order valence-corrected chi connectivity index (χ1v) is 7.67. The number of aldehydes is 1. The molecule has 0 amide bonds. The van der Waals surface area contributed by atoms with Crippen LogP contribution in [0.5, 0.6) is 0 Å². The number of hydrogen-bond acceptors (Lipinski definition) is 4. The molecule has 0 aliphatic heterocycles. The zero-order chi connectivity index (χ0) is 14.5. The maximum atomic E-state index is 11.5. The van der Waals surface area contributed by atoms with Crippen LogP contribution in [0.4, 0.5) is 11.5 Å². The molecule has 1 aromatic rings. The Morgan fingerprint density at radius 2 is 2.20 bits per heavy atom. The quantitative estimate of drug-likeness (QED) is 0.644. The molecule has 1 aromatic heterocycles. The second-order valence-corrected chi connectivity index (χ2v) is 5.60. The monoisotopic (exact) mass is 295 g/mol. The molecular formula is C15H22ClN3O. The van der Waals surface area contributed by atoms with Crippen molar-refractivity contribution in [2.45, 2.75) is 51.1 Å². The Labute approximate surface area is 125 Å². The van der Waals surface area contributed by atoms with Gasteiger partial charge in [-0.2, -0.15) is 0 Å². The summed E-state index contributed by atoms with van der Waals surface area (Å²) in [6, 6.07) is 3.93. The summed E-state index contributed by atoms with van der Waals surface area (Å²) >= 11 is 6.06. The molecule has 20 heavy (non-hydrogen) atoms. The molecule has 1 aliphatic rings. The van der Waals surface area contributed by atoms with E-state index in [-0.39, 0.29) is 6.04 Å². The van der Waals surface area contributed by atoms with E-state index in [1.165, 1.54) is 12.8 Å². The number of carbonyl (C=O) groups excluding carboxylic acids is 1. The number of nitrogens with zero attached hydrogens (tertiary/aromatic N) is 2. The van der Waals surface area contributed by atoms with Crippen molar-refractivity contribution >= 4 is 29.4 Å². The lowest BCUT2D eigenvalue weighted by Crippen LogP contribution is -2.43. The highest BCUT2D eigenvalue weighted by Crippen LogP contribution is 2.34. The average Bonchev–Trinajstić information content (AvgIpc) is 2.98. The molecule has 0 spiro atoms. The Kier molecular flexibility index (Phi) is 5.24. The van der Waals surface area contributed by atoms with Gasteiger partial charge < -0.3 is 15.0 Å². The van der Waals surface area contributed by atoms with Crippen LogP contribution in [0.15, 0.2) is 12.1 Å². The Morgan fingerprint density at radius 1 is 1.50 bits per heavy atom. The number of carbonyl (C=O) groups is 1. The van der Waals surface area contributed by atoms with E-state index in [0.29, 0.717) is 11.2 Å². The second kappa shape index (κ2) is 6.93. The van der Waals surface area contributed by atoms with Gasteiger partial charge in [0.05, 0.1) is 11.7 Å². The van der Waals surface area contributed by atoms with Crippen molar-refractivity contribution in [3.8, 4) is 0 Å². The summed E-state index contributed by atoms with van der Waals surface area (Å²) in [4.78, 5) is 18.1. The maximum Gasteiger partial charge on any atom is 0.154 e. The Hall–Kier alpha value is -1.29. The van der Waals surface area contributed by atoms with Crippen LogP contribution in [0.25, 0.3) is 0 Å². The van der Waals surface area contributed by atoms with Gasteiger partial charge in [0.2, 0.25) is 0 Å². The Bertz CT molecular complexity index is 460. The zero-order valence-electron chi connectivity index (χ0n) is 12.1. The molecule has 1 saturated carbocycles. The second-order valence-electron chi connectivity index (χ2n) is 5.21. The lowest BCUT2D eigenvalue weighted by molar-refractivity contribution is -0.109. The molecule has 5 heteroatoms. The third kappa shape index (κ3) is 3.06. The molecule has 0 bridgehead atoms. The van der Waals surface area contributed by atoms with E-state index in [2.05, 4.69) is 15.2 Å². The molecule has 110 valence electrons. The number of rotatable bonds is 6. The fraction of sp³-hybridized carbons (Fsp3) is 0.600. The third-order valence-corrected chi connectivity index (χ3v) is 4.22. The molecule has 0 radical (unpaired) electrons. The molecular weight excluding hydrogens is 274 g/mol. The maximum absolute atomic E-state index is 11.5. The molecule has 1 fully saturated rings. The first kappa shape index (κ1) is 15.1. The van der Waals surface area contributed by atoms with Gasteiger partial charge in [-0.3, -0.25) is 0 Å². The minimum atomic E-state index is -0.142. The highest BCUT2D eigenvalue weighted by Gasteiger charge is 2.30. The fourth-order valence-corrected chi connectivity index (χ4v) is 3.10. The summed E-state index contributed by atoms with van der Waals surface area (Å²) in [5, 5.41) is 3.61. The van der Waals surface area contributed by atoms with Gasteiger partial charge in [0.25, 0.3) is 0 Å². The van der Waals surface area contributed by atoms with Crippen LogP contribution in [0.3, 0.4) is 0 Å². The summed E-state index contributed by atoms with van der Waals surface area (Å²) in [5.74, 6) is 0.797. The number of halogens is 1. The smallest absolute Gasteiger partial charge is 0.154 e. The van der Waals surface area contributed by atoms with Crippen LogP contribution in [0, 0.1) is 0 Å². The number of anilines is 2. The van der Waals surface area contributed by atoms with E-state index in [4.69, 9.17) is 11.6 Å². The van der Waals surface area contributed by atoms with E-state index in [0.717, 1.165) is 37.1 Å². The summed E-state index contributed by atoms with van der Waals surface area (Å²) in [7, 11) is 1.86. The van der Waals surface area contributed by atoms with Crippen molar-refractivity contribution in [2.24, 2.45) is 0 Å². The van der Waals surface area contributed by atoms with Crippen molar-refractivity contribution in [1.29, 1.82) is 0 Å². The van der Waals surface area contributed by atoms with Crippen LogP contribution in [-0.4, -0.2) is 30.4 Å². The van der Waals surface area contributed by atoms with Gasteiger partial charge in [0, 0.05) is 13.1 Å². The zero-order valence-corrected chi connectivity index (χ0v) is 12.9. The number of aromatic nitrogens is 1. The molecule has 1 heterocycles. The molecule has 1 atom stereocenters. The van der Waals surface area contributed by atoms with E-state index in [1.807, 2.05) is 20.0 Å². The molecule has 0 unspecified atom stereocenters. The molecule has 1 aliphatic carbocycles. The summed E-state index contributed by atoms with van der Waals surface area (Å²) in [5.41, 5.74) is 0.918. The predicted octanol–water partition coefficient (Wildman–Crippen LogP) is 3.50. The Balaban J connectivity index is 2.43. The topological polar surface area (TPSA) is 45.2 Å². The van der Waals surface area contributed by atoms with Crippen molar-refractivity contribution in [3.63, 3.8) is 0 Å². The van der Waals surface area contributed by atoms with Gasteiger partial charge in [-0.25, -0.2) is 4.98 Å². The minimum absolute atomic E-state index is 0.142. The first-order valence-electron chi connectivity index (χ1n) is 7.29. The highest BCUT2D eigenvalue weighted by molar-refractivity contribution is 6.29. The lowest BCUT2D eigenvalue weighted by atomic mass is 10.1. The van der Waals surface area contributed by atoms with E-state index in [1.54, 1.807) is 6.07 Å². The van der Waals surface area contributed by atoms with Crippen molar-refractivity contribution in [1.82, 2.24) is 4.98 Å². The highest BCUT2D eigenvalue weighted by atomic mass is 35.5. The van der Waals surface area contributed by atoms with Crippen molar-refractivity contribution < 1.29 is 4.79 Å². The number of nitrogens with one attached hydrogen (secondary N) is 1. The van der Waals surface area contributed by atoms with Crippen LogP contribution in [-0.2, 0) is 4.79 Å². The van der Waals surface area contributed by atoms with E-state index >= 15 is 0 Å². The molecule has 0 aromatic carbocycles. The van der Waals surface area contributed by atoms with Gasteiger partial charge in [0.1, 0.15) is 11.4 Å². The lowest BCUT2D eigenvalue weighted by Gasteiger charge is -2.35. The molecule has 4 nitrogen and oxygen atoms in total. The molecule has 0 saturated heterocycles. The van der Waals surface area contributed by atoms with Crippen LogP contribution < -0.4 is 10.2 Å². The predicted molar refractivity (Wildman–Crippen MR) is 83.7 cm³/mol. The number of hydrogen-bond donors (Lipinski definition) is 1. The standard InChI is InChI=1S/C15H22ClN3O/c1-3-11(10-20)19(12-6-4-5-7-12)15-13(17-2)8-9-14(16)18-15/h8-12,17H,3-7H2,1-2H3/t11-/m1/s1. The first-order chi connectivity index (χ1) is 9.71. The SMILES string of the molecule is CC[C@H](C=O)N(c1nc(Cl)ccc1NC)C1CCCC1.